The van der Waals surface area contributed by atoms with Gasteiger partial charge in [0.25, 0.3) is 0 Å². The summed E-state index contributed by atoms with van der Waals surface area (Å²) in [5.74, 6) is 1.05. The summed E-state index contributed by atoms with van der Waals surface area (Å²) in [6, 6.07) is 9.74. The maximum atomic E-state index is 11.4. The Labute approximate surface area is 140 Å². The van der Waals surface area contributed by atoms with Crippen molar-refractivity contribution in [2.75, 3.05) is 7.11 Å². The molecule has 3 aliphatic rings. The fourth-order valence-electron chi connectivity index (χ4n) is 4.53. The average molecular weight is 322 g/mol. The van der Waals surface area contributed by atoms with E-state index in [9.17, 15) is 10.2 Å². The van der Waals surface area contributed by atoms with Crippen LogP contribution in [-0.4, -0.2) is 22.9 Å². The fourth-order valence-corrected chi connectivity index (χ4v) is 4.53. The van der Waals surface area contributed by atoms with Gasteiger partial charge in [0.05, 0.1) is 13.0 Å². The summed E-state index contributed by atoms with van der Waals surface area (Å²) in [6.07, 6.45) is 2.21. The van der Waals surface area contributed by atoms with E-state index in [1.807, 2.05) is 31.2 Å². The molecular formula is C20H18O4. The van der Waals surface area contributed by atoms with Crippen LogP contribution in [0.2, 0.25) is 0 Å². The predicted molar refractivity (Wildman–Crippen MR) is 89.2 cm³/mol. The second-order valence-electron chi connectivity index (χ2n) is 6.87. The van der Waals surface area contributed by atoms with Gasteiger partial charge in [0.1, 0.15) is 29.3 Å². The number of rotatable bonds is 1. The first-order chi connectivity index (χ1) is 11.5. The summed E-state index contributed by atoms with van der Waals surface area (Å²) in [5.41, 5.74) is 3.25. The Morgan fingerprint density at radius 1 is 1.21 bits per heavy atom. The Hall–Kier alpha value is -2.30. The molecule has 1 aliphatic heterocycles. The van der Waals surface area contributed by atoms with Crippen molar-refractivity contribution in [1.82, 2.24) is 0 Å². The third kappa shape index (κ3) is 1.50. The molecule has 4 atom stereocenters. The Kier molecular flexibility index (Phi) is 2.58. The van der Waals surface area contributed by atoms with Gasteiger partial charge in [-0.1, -0.05) is 24.3 Å². The van der Waals surface area contributed by atoms with Crippen LogP contribution >= 0.6 is 0 Å². The maximum Gasteiger partial charge on any atom is 0.134 e. The highest BCUT2D eigenvalue weighted by Gasteiger charge is 2.59. The van der Waals surface area contributed by atoms with Crippen molar-refractivity contribution in [3.05, 3.63) is 64.2 Å². The Morgan fingerprint density at radius 3 is 2.83 bits per heavy atom. The van der Waals surface area contributed by atoms with E-state index < -0.39 is 11.7 Å². The third-order valence-corrected chi connectivity index (χ3v) is 5.55. The third-order valence-electron chi connectivity index (χ3n) is 5.55. The molecule has 4 heteroatoms. The minimum Gasteiger partial charge on any atom is -0.496 e. The Bertz CT molecular complexity index is 901. The molecule has 0 amide bonds. The molecular weight excluding hydrogens is 304 g/mol. The molecule has 0 bridgehead atoms. The number of benzene rings is 2. The molecule has 0 saturated carbocycles. The van der Waals surface area contributed by atoms with Crippen LogP contribution in [0.4, 0.5) is 0 Å². The highest BCUT2D eigenvalue weighted by molar-refractivity contribution is 5.70. The van der Waals surface area contributed by atoms with Gasteiger partial charge in [-0.25, -0.2) is 0 Å². The minimum absolute atomic E-state index is 0.317. The first-order valence-corrected chi connectivity index (χ1v) is 8.12. The van der Waals surface area contributed by atoms with E-state index in [-0.39, 0.29) is 12.0 Å². The lowest BCUT2D eigenvalue weighted by Crippen LogP contribution is -2.47. The van der Waals surface area contributed by atoms with E-state index in [0.717, 1.165) is 28.0 Å². The van der Waals surface area contributed by atoms with E-state index in [1.54, 1.807) is 19.3 Å². The highest BCUT2D eigenvalue weighted by Crippen LogP contribution is 2.63. The SMILES string of the molecule is COc1cccc2c1[C@H](O)[C@@]1(O)C=Cc3cc(C)cc4c3[C@@H]1C2O4. The van der Waals surface area contributed by atoms with Crippen LogP contribution in [-0.2, 0) is 0 Å². The summed E-state index contributed by atoms with van der Waals surface area (Å²) in [4.78, 5) is 0. The highest BCUT2D eigenvalue weighted by atomic mass is 16.5. The zero-order chi connectivity index (χ0) is 16.6. The second-order valence-corrected chi connectivity index (χ2v) is 6.87. The zero-order valence-electron chi connectivity index (χ0n) is 13.5. The smallest absolute Gasteiger partial charge is 0.134 e. The first-order valence-electron chi connectivity index (χ1n) is 8.12. The van der Waals surface area contributed by atoms with Crippen LogP contribution in [0, 0.1) is 6.92 Å². The number of aliphatic hydroxyl groups is 2. The van der Waals surface area contributed by atoms with Crippen molar-refractivity contribution in [2.45, 2.75) is 30.7 Å². The maximum absolute atomic E-state index is 11.4. The van der Waals surface area contributed by atoms with Gasteiger partial charge in [-0.15, -0.1) is 0 Å². The van der Waals surface area contributed by atoms with Crippen LogP contribution in [0.15, 0.2) is 36.4 Å². The number of methoxy groups -OCH3 is 1. The van der Waals surface area contributed by atoms with Gasteiger partial charge < -0.3 is 19.7 Å². The van der Waals surface area contributed by atoms with E-state index in [4.69, 9.17) is 9.47 Å². The normalized spacial score (nSPS) is 31.2. The second kappa shape index (κ2) is 4.41. The number of hydrogen-bond donors (Lipinski definition) is 2. The van der Waals surface area contributed by atoms with E-state index in [1.165, 1.54) is 0 Å². The number of aliphatic hydroxyl groups excluding tert-OH is 1. The standard InChI is InChI=1S/C20H18O4/c1-10-8-11-6-7-20(22)17-15(11)14(9-10)24-18(17)12-4-3-5-13(23-2)16(12)19(20)21/h3-9,17-19,21-22H,1-2H3/t17-,18?,19+,20-/m1/s1. The predicted octanol–water partition coefficient (Wildman–Crippen LogP) is 3.03. The number of ether oxygens (including phenoxy) is 2. The molecule has 0 aromatic heterocycles. The molecule has 1 heterocycles. The lowest BCUT2D eigenvalue weighted by Gasteiger charge is -2.45. The summed E-state index contributed by atoms with van der Waals surface area (Å²) in [7, 11) is 1.57. The summed E-state index contributed by atoms with van der Waals surface area (Å²) in [5, 5.41) is 22.4. The summed E-state index contributed by atoms with van der Waals surface area (Å²) >= 11 is 0. The molecule has 0 fully saturated rings. The molecule has 0 radical (unpaired) electrons. The molecule has 1 unspecified atom stereocenters. The van der Waals surface area contributed by atoms with Gasteiger partial charge >= 0.3 is 0 Å². The van der Waals surface area contributed by atoms with Crippen molar-refractivity contribution >= 4 is 6.08 Å². The van der Waals surface area contributed by atoms with Crippen LogP contribution in [0.5, 0.6) is 11.5 Å². The van der Waals surface area contributed by atoms with Gasteiger partial charge in [-0.05, 0) is 36.3 Å². The van der Waals surface area contributed by atoms with Crippen LogP contribution in [0.3, 0.4) is 0 Å². The van der Waals surface area contributed by atoms with Crippen LogP contribution in [0.1, 0.15) is 45.9 Å². The van der Waals surface area contributed by atoms with E-state index >= 15 is 0 Å². The number of hydrogen-bond acceptors (Lipinski definition) is 4. The molecule has 5 rings (SSSR count). The topological polar surface area (TPSA) is 58.9 Å². The van der Waals surface area contributed by atoms with Gasteiger partial charge in [-0.3, -0.25) is 0 Å². The molecule has 2 aliphatic carbocycles. The van der Waals surface area contributed by atoms with Gasteiger partial charge in [0.15, 0.2) is 0 Å². The van der Waals surface area contributed by atoms with E-state index in [0.29, 0.717) is 11.3 Å². The monoisotopic (exact) mass is 322 g/mol. The van der Waals surface area contributed by atoms with Gasteiger partial charge in [0.2, 0.25) is 0 Å². The molecule has 24 heavy (non-hydrogen) atoms. The molecule has 122 valence electrons. The Morgan fingerprint density at radius 2 is 2.04 bits per heavy atom. The zero-order valence-corrected chi connectivity index (χ0v) is 13.5. The number of fused-ring (bicyclic) bond motifs is 2. The summed E-state index contributed by atoms with van der Waals surface area (Å²) in [6.45, 7) is 2.03. The van der Waals surface area contributed by atoms with Crippen molar-refractivity contribution < 1.29 is 19.7 Å². The molecule has 0 saturated heterocycles. The van der Waals surface area contributed by atoms with Crippen LogP contribution in [0.25, 0.3) is 6.08 Å². The average Bonchev–Trinajstić information content (AvgIpc) is 2.97. The summed E-state index contributed by atoms with van der Waals surface area (Å²) < 4.78 is 11.7. The van der Waals surface area contributed by atoms with Crippen molar-refractivity contribution in [2.24, 2.45) is 0 Å². The molecule has 2 aromatic carbocycles. The molecule has 2 aromatic rings. The quantitative estimate of drug-likeness (QED) is 0.847. The minimum atomic E-state index is -1.40. The largest absolute Gasteiger partial charge is 0.496 e. The molecule has 4 nitrogen and oxygen atoms in total. The van der Waals surface area contributed by atoms with Crippen molar-refractivity contribution in [3.63, 3.8) is 0 Å². The fraction of sp³-hybridized carbons (Fsp3) is 0.300. The van der Waals surface area contributed by atoms with Crippen molar-refractivity contribution in [3.8, 4) is 11.5 Å². The first kappa shape index (κ1) is 14.1. The lowest BCUT2D eigenvalue weighted by molar-refractivity contribution is -0.0881. The van der Waals surface area contributed by atoms with Gasteiger partial charge in [-0.2, -0.15) is 0 Å². The van der Waals surface area contributed by atoms with Crippen LogP contribution < -0.4 is 9.47 Å². The Balaban J connectivity index is 1.83. The number of aryl methyl sites for hydroxylation is 1. The van der Waals surface area contributed by atoms with E-state index in [2.05, 4.69) is 6.07 Å². The molecule has 2 N–H and O–H groups in total. The molecule has 0 spiro atoms. The lowest BCUT2D eigenvalue weighted by atomic mass is 9.64. The van der Waals surface area contributed by atoms with Gasteiger partial charge in [0, 0.05) is 16.7 Å². The van der Waals surface area contributed by atoms with Crippen molar-refractivity contribution in [1.29, 1.82) is 0 Å².